The van der Waals surface area contributed by atoms with Gasteiger partial charge in [-0.1, -0.05) is 19.3 Å². The molecule has 2 aliphatic rings. The molecular weight excluding hydrogens is 262 g/mol. The molecule has 1 fully saturated rings. The zero-order valence-corrected chi connectivity index (χ0v) is 13.3. The van der Waals surface area contributed by atoms with Crippen LogP contribution in [0, 0.1) is 0 Å². The summed E-state index contributed by atoms with van der Waals surface area (Å²) in [5.41, 5.74) is 2.52. The van der Waals surface area contributed by atoms with E-state index >= 15 is 0 Å². The Kier molecular flexibility index (Phi) is 4.69. The van der Waals surface area contributed by atoms with Crippen molar-refractivity contribution < 1.29 is 9.47 Å². The molecule has 3 heteroatoms. The van der Waals surface area contributed by atoms with Crippen LogP contribution in [0.5, 0.6) is 11.5 Å². The Hall–Kier alpha value is -1.22. The molecule has 1 heterocycles. The molecule has 3 nitrogen and oxygen atoms in total. The van der Waals surface area contributed by atoms with E-state index in [-0.39, 0.29) is 6.10 Å². The molecule has 1 N–H and O–H groups in total. The number of rotatable bonds is 5. The summed E-state index contributed by atoms with van der Waals surface area (Å²) in [4.78, 5) is 0. The molecule has 1 aliphatic heterocycles. The van der Waals surface area contributed by atoms with E-state index in [9.17, 15) is 0 Å². The predicted molar refractivity (Wildman–Crippen MR) is 85.1 cm³/mol. The summed E-state index contributed by atoms with van der Waals surface area (Å²) in [5.74, 6) is 2.07. The lowest BCUT2D eigenvalue weighted by atomic mass is 9.95. The summed E-state index contributed by atoms with van der Waals surface area (Å²) < 4.78 is 11.7. The van der Waals surface area contributed by atoms with E-state index in [1.165, 1.54) is 43.2 Å². The van der Waals surface area contributed by atoms with Gasteiger partial charge in [-0.15, -0.1) is 0 Å². The lowest BCUT2D eigenvalue weighted by molar-refractivity contribution is 0.254. The Morgan fingerprint density at radius 2 is 2.05 bits per heavy atom. The Labute approximate surface area is 128 Å². The summed E-state index contributed by atoms with van der Waals surface area (Å²) in [6, 6.07) is 5.03. The maximum atomic E-state index is 5.89. The van der Waals surface area contributed by atoms with Gasteiger partial charge >= 0.3 is 0 Å². The van der Waals surface area contributed by atoms with Crippen LogP contribution in [0.15, 0.2) is 12.1 Å². The predicted octanol–water partition coefficient (Wildman–Crippen LogP) is 3.83. The second kappa shape index (κ2) is 6.69. The smallest absolute Gasteiger partial charge is 0.124 e. The first-order valence-corrected chi connectivity index (χ1v) is 8.45. The van der Waals surface area contributed by atoms with Gasteiger partial charge in [0, 0.05) is 30.1 Å². The van der Waals surface area contributed by atoms with Crippen molar-refractivity contribution in [1.82, 2.24) is 5.32 Å². The van der Waals surface area contributed by atoms with Gasteiger partial charge in [0.15, 0.2) is 0 Å². The normalized spacial score (nSPS) is 21.9. The average molecular weight is 289 g/mol. The second-order valence-electron chi connectivity index (χ2n) is 6.35. The molecule has 0 spiro atoms. The molecule has 0 aromatic heterocycles. The number of ether oxygens (including phenoxy) is 2. The molecule has 116 valence electrons. The lowest BCUT2D eigenvalue weighted by Crippen LogP contribution is -2.30. The Morgan fingerprint density at radius 1 is 1.24 bits per heavy atom. The Balaban J connectivity index is 1.71. The minimum Gasteiger partial charge on any atom is -0.494 e. The highest BCUT2D eigenvalue weighted by atomic mass is 16.5. The molecule has 0 saturated heterocycles. The molecule has 1 saturated carbocycles. The Bertz CT molecular complexity index is 480. The topological polar surface area (TPSA) is 30.5 Å². The van der Waals surface area contributed by atoms with E-state index in [0.29, 0.717) is 12.6 Å². The summed E-state index contributed by atoms with van der Waals surface area (Å²) >= 11 is 0. The van der Waals surface area contributed by atoms with Gasteiger partial charge in [0.1, 0.15) is 17.6 Å². The summed E-state index contributed by atoms with van der Waals surface area (Å²) in [5, 5.41) is 3.70. The van der Waals surface area contributed by atoms with Crippen LogP contribution >= 0.6 is 0 Å². The van der Waals surface area contributed by atoms with Crippen molar-refractivity contribution in [2.24, 2.45) is 0 Å². The van der Waals surface area contributed by atoms with Crippen LogP contribution in [0.1, 0.15) is 57.1 Å². The molecule has 21 heavy (non-hydrogen) atoms. The maximum Gasteiger partial charge on any atom is 0.124 e. The first-order valence-electron chi connectivity index (χ1n) is 8.45. The summed E-state index contributed by atoms with van der Waals surface area (Å²) in [6.45, 7) is 5.77. The molecule has 0 radical (unpaired) electrons. The summed E-state index contributed by atoms with van der Waals surface area (Å²) in [6.07, 6.45) is 8.02. The van der Waals surface area contributed by atoms with Crippen LogP contribution in [0.25, 0.3) is 0 Å². The zero-order valence-electron chi connectivity index (χ0n) is 13.3. The van der Waals surface area contributed by atoms with Crippen molar-refractivity contribution in [3.63, 3.8) is 0 Å². The van der Waals surface area contributed by atoms with E-state index in [1.807, 2.05) is 6.92 Å². The monoisotopic (exact) mass is 289 g/mol. The quantitative estimate of drug-likeness (QED) is 0.893. The van der Waals surface area contributed by atoms with Gasteiger partial charge in [0.25, 0.3) is 0 Å². The van der Waals surface area contributed by atoms with Crippen LogP contribution in [0.4, 0.5) is 0 Å². The molecular formula is C18H27NO2. The van der Waals surface area contributed by atoms with Crippen molar-refractivity contribution in [1.29, 1.82) is 0 Å². The van der Waals surface area contributed by atoms with Crippen LogP contribution in [0.2, 0.25) is 0 Å². The van der Waals surface area contributed by atoms with Crippen LogP contribution in [-0.2, 0) is 13.0 Å². The molecule has 1 aromatic carbocycles. The van der Waals surface area contributed by atoms with Crippen LogP contribution in [0.3, 0.4) is 0 Å². The number of fused-ring (bicyclic) bond motifs is 1. The molecule has 0 amide bonds. The highest BCUT2D eigenvalue weighted by molar-refractivity contribution is 5.48. The van der Waals surface area contributed by atoms with Crippen LogP contribution < -0.4 is 14.8 Å². The third-order valence-corrected chi connectivity index (χ3v) is 4.57. The van der Waals surface area contributed by atoms with Crippen molar-refractivity contribution in [2.75, 3.05) is 6.61 Å². The van der Waals surface area contributed by atoms with Gasteiger partial charge in [0.05, 0.1) is 6.61 Å². The third kappa shape index (κ3) is 3.52. The van der Waals surface area contributed by atoms with Gasteiger partial charge in [0.2, 0.25) is 0 Å². The lowest BCUT2D eigenvalue weighted by Gasteiger charge is -2.23. The number of benzene rings is 1. The van der Waals surface area contributed by atoms with Gasteiger partial charge in [-0.25, -0.2) is 0 Å². The van der Waals surface area contributed by atoms with Crippen LogP contribution in [-0.4, -0.2) is 18.8 Å². The average Bonchev–Trinajstić information content (AvgIpc) is 2.85. The minimum absolute atomic E-state index is 0.288. The largest absolute Gasteiger partial charge is 0.494 e. The molecule has 1 aliphatic carbocycles. The third-order valence-electron chi connectivity index (χ3n) is 4.57. The van der Waals surface area contributed by atoms with Gasteiger partial charge in [-0.3, -0.25) is 0 Å². The SMILES string of the molecule is CCOc1cc2c(cc1CNC1CCCCC1)OC(C)C2. The maximum absolute atomic E-state index is 5.89. The number of hydrogen-bond acceptors (Lipinski definition) is 3. The fourth-order valence-electron chi connectivity index (χ4n) is 3.47. The Morgan fingerprint density at radius 3 is 2.81 bits per heavy atom. The van der Waals surface area contributed by atoms with Crippen molar-refractivity contribution >= 4 is 0 Å². The molecule has 1 aromatic rings. The van der Waals surface area contributed by atoms with Gasteiger partial charge in [-0.2, -0.15) is 0 Å². The molecule has 3 rings (SSSR count). The van der Waals surface area contributed by atoms with Crippen molar-refractivity contribution in [3.05, 3.63) is 23.3 Å². The minimum atomic E-state index is 0.288. The molecule has 0 bridgehead atoms. The molecule has 1 unspecified atom stereocenters. The number of hydrogen-bond donors (Lipinski definition) is 1. The highest BCUT2D eigenvalue weighted by Gasteiger charge is 2.22. The number of nitrogens with one attached hydrogen (secondary N) is 1. The van der Waals surface area contributed by atoms with E-state index in [4.69, 9.17) is 9.47 Å². The van der Waals surface area contributed by atoms with Crippen molar-refractivity contribution in [3.8, 4) is 11.5 Å². The zero-order chi connectivity index (χ0) is 14.7. The first-order chi connectivity index (χ1) is 10.3. The van der Waals surface area contributed by atoms with E-state index < -0.39 is 0 Å². The van der Waals surface area contributed by atoms with Gasteiger partial charge < -0.3 is 14.8 Å². The summed E-state index contributed by atoms with van der Waals surface area (Å²) in [7, 11) is 0. The second-order valence-corrected chi connectivity index (χ2v) is 6.35. The van der Waals surface area contributed by atoms with E-state index in [2.05, 4.69) is 24.4 Å². The molecule has 1 atom stereocenters. The van der Waals surface area contributed by atoms with E-state index in [1.54, 1.807) is 0 Å². The van der Waals surface area contributed by atoms with E-state index in [0.717, 1.165) is 24.5 Å². The fourth-order valence-corrected chi connectivity index (χ4v) is 3.47. The highest BCUT2D eigenvalue weighted by Crippen LogP contribution is 2.35. The fraction of sp³-hybridized carbons (Fsp3) is 0.667. The van der Waals surface area contributed by atoms with Crippen molar-refractivity contribution in [2.45, 2.75) is 71.1 Å². The first kappa shape index (κ1) is 14.7. The standard InChI is InChI=1S/C18H27NO2/c1-3-20-17-10-14-9-13(2)21-18(14)11-15(17)12-19-16-7-5-4-6-8-16/h10-11,13,16,19H,3-9,12H2,1-2H3. The van der Waals surface area contributed by atoms with Gasteiger partial charge in [-0.05, 0) is 38.8 Å².